The van der Waals surface area contributed by atoms with Crippen LogP contribution in [0.4, 0.5) is 0 Å². The number of benzene rings is 1. The zero-order valence-corrected chi connectivity index (χ0v) is 12.0. The predicted molar refractivity (Wildman–Crippen MR) is 74.9 cm³/mol. The summed E-state index contributed by atoms with van der Waals surface area (Å²) in [6.07, 6.45) is -0.502. The lowest BCUT2D eigenvalue weighted by Gasteiger charge is -2.38. The average Bonchev–Trinajstić information content (AvgIpc) is 2.84. The summed E-state index contributed by atoms with van der Waals surface area (Å²) in [6, 6.07) is 9.34. The van der Waals surface area contributed by atoms with E-state index in [2.05, 4.69) is 10.1 Å². The quantitative estimate of drug-likeness (QED) is 0.857. The molecule has 1 fully saturated rings. The van der Waals surface area contributed by atoms with Gasteiger partial charge in [0.1, 0.15) is 5.75 Å². The summed E-state index contributed by atoms with van der Waals surface area (Å²) in [5.41, 5.74) is 0. The number of carbonyl (C=O) groups is 1. The number of amides is 1. The summed E-state index contributed by atoms with van der Waals surface area (Å²) in [4.78, 5) is 18.2. The normalized spacial score (nSPS) is 16.4. The molecule has 0 unspecified atom stereocenters. The van der Waals surface area contributed by atoms with Gasteiger partial charge < -0.3 is 14.2 Å². The highest BCUT2D eigenvalue weighted by Crippen LogP contribution is 2.26. The van der Waals surface area contributed by atoms with E-state index >= 15 is 0 Å². The monoisotopic (exact) mass is 287 g/mol. The molecule has 6 nitrogen and oxygen atoms in total. The smallest absolute Gasteiger partial charge is 0.263 e. The van der Waals surface area contributed by atoms with Crippen molar-refractivity contribution in [1.82, 2.24) is 15.0 Å². The minimum Gasteiger partial charge on any atom is -0.481 e. The Labute approximate surface area is 122 Å². The highest BCUT2D eigenvalue weighted by molar-refractivity contribution is 5.81. The first kappa shape index (κ1) is 13.6. The molecular weight excluding hydrogens is 270 g/mol. The number of ether oxygens (including phenoxy) is 1. The molecule has 0 aliphatic carbocycles. The number of para-hydroxylation sites is 1. The Morgan fingerprint density at radius 3 is 2.71 bits per heavy atom. The Hall–Kier alpha value is -2.37. The van der Waals surface area contributed by atoms with Gasteiger partial charge in [-0.1, -0.05) is 23.4 Å². The van der Waals surface area contributed by atoms with Crippen molar-refractivity contribution in [3.63, 3.8) is 0 Å². The molecule has 1 saturated heterocycles. The van der Waals surface area contributed by atoms with Crippen LogP contribution >= 0.6 is 0 Å². The SMILES string of the molecule is Cc1noc(C2CN(C(=O)[C@H](C)Oc3ccccc3)C2)n1. The highest BCUT2D eigenvalue weighted by atomic mass is 16.5. The van der Waals surface area contributed by atoms with Crippen molar-refractivity contribution in [2.75, 3.05) is 13.1 Å². The number of hydrogen-bond donors (Lipinski definition) is 0. The first-order valence-corrected chi connectivity index (χ1v) is 6.94. The Kier molecular flexibility index (Phi) is 3.60. The third-order valence-electron chi connectivity index (χ3n) is 3.49. The Morgan fingerprint density at radius 1 is 1.38 bits per heavy atom. The molecular formula is C15H17N3O3. The Balaban J connectivity index is 1.53. The third-order valence-corrected chi connectivity index (χ3v) is 3.49. The zero-order chi connectivity index (χ0) is 14.8. The van der Waals surface area contributed by atoms with Crippen LogP contribution in [0.25, 0.3) is 0 Å². The fraction of sp³-hybridized carbons (Fsp3) is 0.400. The Morgan fingerprint density at radius 2 is 2.10 bits per heavy atom. The molecule has 1 aliphatic heterocycles. The van der Waals surface area contributed by atoms with Crippen LogP contribution < -0.4 is 4.74 Å². The second-order valence-electron chi connectivity index (χ2n) is 5.19. The molecule has 0 radical (unpaired) electrons. The van der Waals surface area contributed by atoms with Gasteiger partial charge in [-0.05, 0) is 26.0 Å². The second-order valence-corrected chi connectivity index (χ2v) is 5.19. The van der Waals surface area contributed by atoms with Gasteiger partial charge in [0.05, 0.1) is 5.92 Å². The van der Waals surface area contributed by atoms with Crippen molar-refractivity contribution in [2.45, 2.75) is 25.9 Å². The number of rotatable bonds is 4. The number of nitrogens with zero attached hydrogens (tertiary/aromatic N) is 3. The predicted octanol–water partition coefficient (Wildman–Crippen LogP) is 1.77. The summed E-state index contributed by atoms with van der Waals surface area (Å²) in [5.74, 6) is 2.04. The third kappa shape index (κ3) is 2.89. The summed E-state index contributed by atoms with van der Waals surface area (Å²) in [7, 11) is 0. The van der Waals surface area contributed by atoms with Gasteiger partial charge in [0.25, 0.3) is 5.91 Å². The van der Waals surface area contributed by atoms with Crippen molar-refractivity contribution in [3.8, 4) is 5.75 Å². The van der Waals surface area contributed by atoms with Crippen LogP contribution in [0.3, 0.4) is 0 Å². The van der Waals surface area contributed by atoms with E-state index in [1.54, 1.807) is 18.7 Å². The summed E-state index contributed by atoms with van der Waals surface area (Å²) >= 11 is 0. The number of hydrogen-bond acceptors (Lipinski definition) is 5. The molecule has 1 aromatic carbocycles. The van der Waals surface area contributed by atoms with E-state index in [0.29, 0.717) is 30.6 Å². The fourth-order valence-electron chi connectivity index (χ4n) is 2.30. The lowest BCUT2D eigenvalue weighted by Crippen LogP contribution is -2.52. The maximum atomic E-state index is 12.2. The molecule has 0 saturated carbocycles. The molecule has 0 N–H and O–H groups in total. The van der Waals surface area contributed by atoms with Crippen molar-refractivity contribution >= 4 is 5.91 Å². The van der Waals surface area contributed by atoms with E-state index in [4.69, 9.17) is 9.26 Å². The topological polar surface area (TPSA) is 68.5 Å². The minimum absolute atomic E-state index is 0.0219. The molecule has 3 rings (SSSR count). The van der Waals surface area contributed by atoms with E-state index in [1.807, 2.05) is 30.3 Å². The van der Waals surface area contributed by atoms with Crippen LogP contribution in [0.5, 0.6) is 5.75 Å². The maximum Gasteiger partial charge on any atom is 0.263 e. The van der Waals surface area contributed by atoms with E-state index < -0.39 is 6.10 Å². The fourth-order valence-corrected chi connectivity index (χ4v) is 2.30. The molecule has 6 heteroatoms. The van der Waals surface area contributed by atoms with Gasteiger partial charge in [-0.2, -0.15) is 4.98 Å². The molecule has 1 aromatic heterocycles. The van der Waals surface area contributed by atoms with Gasteiger partial charge in [-0.25, -0.2) is 0 Å². The van der Waals surface area contributed by atoms with Gasteiger partial charge in [0.15, 0.2) is 11.9 Å². The number of aryl methyl sites for hydroxylation is 1. The minimum atomic E-state index is -0.502. The van der Waals surface area contributed by atoms with Crippen LogP contribution in [0.1, 0.15) is 24.6 Å². The molecule has 2 aromatic rings. The maximum absolute atomic E-state index is 12.2. The largest absolute Gasteiger partial charge is 0.481 e. The standard InChI is InChI=1S/C15H17N3O3/c1-10(20-13-6-4-3-5-7-13)15(19)18-8-12(9-18)14-16-11(2)17-21-14/h3-7,10,12H,8-9H2,1-2H3/t10-/m0/s1. The van der Waals surface area contributed by atoms with E-state index in [-0.39, 0.29) is 11.8 Å². The molecule has 1 atom stereocenters. The molecule has 0 bridgehead atoms. The van der Waals surface area contributed by atoms with Crippen LogP contribution in [-0.4, -0.2) is 40.1 Å². The lowest BCUT2D eigenvalue weighted by molar-refractivity contribution is -0.142. The Bertz CT molecular complexity index is 620. The summed E-state index contributed by atoms with van der Waals surface area (Å²) in [5, 5.41) is 3.77. The summed E-state index contributed by atoms with van der Waals surface area (Å²) < 4.78 is 10.8. The van der Waals surface area contributed by atoms with Gasteiger partial charge >= 0.3 is 0 Å². The van der Waals surface area contributed by atoms with Gasteiger partial charge in [0.2, 0.25) is 5.89 Å². The molecule has 2 heterocycles. The molecule has 110 valence electrons. The van der Waals surface area contributed by atoms with Crippen molar-refractivity contribution in [3.05, 3.63) is 42.0 Å². The van der Waals surface area contributed by atoms with Gasteiger partial charge in [0, 0.05) is 13.1 Å². The first-order valence-electron chi connectivity index (χ1n) is 6.94. The van der Waals surface area contributed by atoms with Crippen LogP contribution in [0, 0.1) is 6.92 Å². The van der Waals surface area contributed by atoms with Gasteiger partial charge in [-0.15, -0.1) is 0 Å². The highest BCUT2D eigenvalue weighted by Gasteiger charge is 2.37. The lowest BCUT2D eigenvalue weighted by atomic mass is 9.99. The zero-order valence-electron chi connectivity index (χ0n) is 12.0. The van der Waals surface area contributed by atoms with E-state index in [0.717, 1.165) is 0 Å². The molecule has 1 amide bonds. The molecule has 1 aliphatic rings. The van der Waals surface area contributed by atoms with Crippen molar-refractivity contribution in [2.24, 2.45) is 0 Å². The number of aromatic nitrogens is 2. The average molecular weight is 287 g/mol. The van der Waals surface area contributed by atoms with Crippen LogP contribution in [-0.2, 0) is 4.79 Å². The summed E-state index contributed by atoms with van der Waals surface area (Å²) in [6.45, 7) is 4.75. The van der Waals surface area contributed by atoms with Crippen molar-refractivity contribution in [1.29, 1.82) is 0 Å². The van der Waals surface area contributed by atoms with E-state index in [9.17, 15) is 4.79 Å². The second kappa shape index (κ2) is 5.55. The number of likely N-dealkylation sites (tertiary alicyclic amines) is 1. The molecule has 0 spiro atoms. The van der Waals surface area contributed by atoms with E-state index in [1.165, 1.54) is 0 Å². The van der Waals surface area contributed by atoms with Crippen LogP contribution in [0.15, 0.2) is 34.9 Å². The van der Waals surface area contributed by atoms with Crippen molar-refractivity contribution < 1.29 is 14.1 Å². The number of carbonyl (C=O) groups excluding carboxylic acids is 1. The van der Waals surface area contributed by atoms with Crippen LogP contribution in [0.2, 0.25) is 0 Å². The first-order chi connectivity index (χ1) is 10.1. The van der Waals surface area contributed by atoms with Gasteiger partial charge in [-0.3, -0.25) is 4.79 Å². The molecule has 21 heavy (non-hydrogen) atoms.